The van der Waals surface area contributed by atoms with Crippen LogP contribution in [0.25, 0.3) is 0 Å². The first kappa shape index (κ1) is 14.8. The number of hydrogen-bond donors (Lipinski definition) is 2. The molecule has 20 heavy (non-hydrogen) atoms. The van der Waals surface area contributed by atoms with Crippen LogP contribution in [0.15, 0.2) is 34.8 Å². The zero-order valence-corrected chi connectivity index (χ0v) is 12.6. The summed E-state index contributed by atoms with van der Waals surface area (Å²) >= 11 is 3.38. The molecule has 0 saturated heterocycles. The molecule has 1 unspecified atom stereocenters. The molecule has 2 N–H and O–H groups in total. The number of rotatable bonds is 3. The Bertz CT molecular complexity index is 620. The molecule has 0 spiro atoms. The molecule has 2 nitrogen and oxygen atoms in total. The van der Waals surface area contributed by atoms with Crippen molar-refractivity contribution in [2.45, 2.75) is 19.9 Å². The van der Waals surface area contributed by atoms with Crippen LogP contribution >= 0.6 is 15.9 Å². The lowest BCUT2D eigenvalue weighted by Crippen LogP contribution is -2.12. The van der Waals surface area contributed by atoms with Gasteiger partial charge in [0.15, 0.2) is 11.6 Å². The molecular formula is C15H14BrF2NO. The molecule has 106 valence electrons. The highest BCUT2D eigenvalue weighted by Crippen LogP contribution is 2.33. The highest BCUT2D eigenvalue weighted by molar-refractivity contribution is 9.10. The van der Waals surface area contributed by atoms with Gasteiger partial charge in [-0.25, -0.2) is 8.78 Å². The number of benzene rings is 2. The summed E-state index contributed by atoms with van der Waals surface area (Å²) < 4.78 is 28.5. The normalized spacial score (nSPS) is 12.2. The number of phenolic OH excluding ortho intramolecular Hbond substituents is 1. The van der Waals surface area contributed by atoms with Crippen LogP contribution in [0.1, 0.15) is 24.1 Å². The molecule has 5 heteroatoms. The summed E-state index contributed by atoms with van der Waals surface area (Å²) in [7, 11) is 0. The molecule has 2 aromatic carbocycles. The van der Waals surface area contributed by atoms with Crippen molar-refractivity contribution < 1.29 is 13.9 Å². The number of phenols is 1. The van der Waals surface area contributed by atoms with Crippen LogP contribution in [0.4, 0.5) is 14.5 Å². The van der Waals surface area contributed by atoms with Crippen molar-refractivity contribution in [1.82, 2.24) is 0 Å². The van der Waals surface area contributed by atoms with Crippen LogP contribution in [-0.2, 0) is 0 Å². The van der Waals surface area contributed by atoms with Crippen LogP contribution in [0, 0.1) is 18.6 Å². The van der Waals surface area contributed by atoms with E-state index in [4.69, 9.17) is 0 Å². The van der Waals surface area contributed by atoms with E-state index in [9.17, 15) is 13.9 Å². The van der Waals surface area contributed by atoms with Crippen LogP contribution in [-0.4, -0.2) is 5.11 Å². The lowest BCUT2D eigenvalue weighted by Gasteiger charge is -2.20. The van der Waals surface area contributed by atoms with Gasteiger partial charge < -0.3 is 10.4 Å². The van der Waals surface area contributed by atoms with Crippen LogP contribution in [0.5, 0.6) is 5.75 Å². The Morgan fingerprint density at radius 1 is 1.25 bits per heavy atom. The van der Waals surface area contributed by atoms with Gasteiger partial charge in [-0.3, -0.25) is 0 Å². The van der Waals surface area contributed by atoms with Crippen molar-refractivity contribution in [3.05, 3.63) is 57.6 Å². The molecule has 0 saturated carbocycles. The molecule has 1 atom stereocenters. The van der Waals surface area contributed by atoms with Crippen LogP contribution in [0.3, 0.4) is 0 Å². The monoisotopic (exact) mass is 341 g/mol. The molecule has 0 aliphatic rings. The highest BCUT2D eigenvalue weighted by atomic mass is 79.9. The van der Waals surface area contributed by atoms with Gasteiger partial charge in [-0.15, -0.1) is 0 Å². The summed E-state index contributed by atoms with van der Waals surface area (Å²) in [5.41, 5.74) is 1.08. The van der Waals surface area contributed by atoms with E-state index in [1.807, 2.05) is 24.3 Å². The lowest BCUT2D eigenvalue weighted by atomic mass is 10.00. The molecular weight excluding hydrogens is 328 g/mol. The minimum atomic E-state index is -0.795. The van der Waals surface area contributed by atoms with Crippen molar-refractivity contribution in [3.8, 4) is 5.75 Å². The first-order valence-corrected chi connectivity index (χ1v) is 6.89. The maximum atomic E-state index is 14.0. The van der Waals surface area contributed by atoms with E-state index < -0.39 is 23.4 Å². The number of nitrogens with one attached hydrogen (secondary N) is 1. The Kier molecular flexibility index (Phi) is 4.28. The van der Waals surface area contributed by atoms with Gasteiger partial charge in [-0.05, 0) is 47.5 Å². The van der Waals surface area contributed by atoms with Gasteiger partial charge in [0.05, 0.1) is 6.04 Å². The fraction of sp³-hybridized carbons (Fsp3) is 0.200. The quantitative estimate of drug-likeness (QED) is 0.830. The first-order valence-electron chi connectivity index (χ1n) is 6.10. The molecule has 2 aromatic rings. The van der Waals surface area contributed by atoms with Gasteiger partial charge in [0, 0.05) is 21.8 Å². The third-order valence-electron chi connectivity index (χ3n) is 3.17. The van der Waals surface area contributed by atoms with E-state index >= 15 is 0 Å². The summed E-state index contributed by atoms with van der Waals surface area (Å²) in [5.74, 6) is -2.10. The van der Waals surface area contributed by atoms with Gasteiger partial charge in [0.1, 0.15) is 5.82 Å². The van der Waals surface area contributed by atoms with Crippen molar-refractivity contribution >= 4 is 21.6 Å². The maximum absolute atomic E-state index is 14.0. The lowest BCUT2D eigenvalue weighted by molar-refractivity contribution is 0.419. The minimum absolute atomic E-state index is 0.123. The summed E-state index contributed by atoms with van der Waals surface area (Å²) in [5, 5.41) is 12.5. The Hall–Kier alpha value is -1.62. The summed E-state index contributed by atoms with van der Waals surface area (Å²) in [6.45, 7) is 3.20. The molecule has 0 heterocycles. The number of aromatic hydroxyl groups is 1. The Morgan fingerprint density at radius 2 is 1.90 bits per heavy atom. The largest absolute Gasteiger partial charge is 0.505 e. The predicted molar refractivity (Wildman–Crippen MR) is 78.9 cm³/mol. The second kappa shape index (κ2) is 5.79. The van der Waals surface area contributed by atoms with Gasteiger partial charge >= 0.3 is 0 Å². The molecule has 0 amide bonds. The molecule has 0 aromatic heterocycles. The van der Waals surface area contributed by atoms with Crippen molar-refractivity contribution in [2.24, 2.45) is 0 Å². The maximum Gasteiger partial charge on any atom is 0.170 e. The zero-order valence-electron chi connectivity index (χ0n) is 11.0. The average molecular weight is 342 g/mol. The van der Waals surface area contributed by atoms with Crippen LogP contribution in [0.2, 0.25) is 0 Å². The number of para-hydroxylation sites is 1. The zero-order chi connectivity index (χ0) is 14.9. The number of hydrogen-bond acceptors (Lipinski definition) is 2. The fourth-order valence-corrected chi connectivity index (χ4v) is 2.52. The third kappa shape index (κ3) is 2.77. The van der Waals surface area contributed by atoms with E-state index in [-0.39, 0.29) is 11.1 Å². The van der Waals surface area contributed by atoms with Gasteiger partial charge in [0.2, 0.25) is 0 Å². The molecule has 0 fully saturated rings. The summed E-state index contributed by atoms with van der Waals surface area (Å²) in [6, 6.07) is 7.68. The Balaban J connectivity index is 2.40. The second-order valence-corrected chi connectivity index (χ2v) is 5.43. The Morgan fingerprint density at radius 3 is 2.55 bits per heavy atom. The second-order valence-electron chi connectivity index (χ2n) is 4.58. The van der Waals surface area contributed by atoms with E-state index in [2.05, 4.69) is 21.2 Å². The smallest absolute Gasteiger partial charge is 0.170 e. The molecule has 0 aliphatic heterocycles. The number of halogens is 3. The van der Waals surface area contributed by atoms with Gasteiger partial charge in [0.25, 0.3) is 0 Å². The third-order valence-corrected chi connectivity index (χ3v) is 3.86. The molecule has 0 radical (unpaired) electrons. The van der Waals surface area contributed by atoms with Crippen molar-refractivity contribution in [1.29, 1.82) is 0 Å². The van der Waals surface area contributed by atoms with Crippen molar-refractivity contribution in [3.63, 3.8) is 0 Å². The number of anilines is 1. The SMILES string of the molecule is Cc1c(F)cc(O)c(F)c1C(C)Nc1ccccc1Br. The molecule has 2 rings (SSSR count). The van der Waals surface area contributed by atoms with E-state index in [1.165, 1.54) is 6.92 Å². The minimum Gasteiger partial charge on any atom is -0.505 e. The van der Waals surface area contributed by atoms with E-state index in [0.717, 1.165) is 16.2 Å². The van der Waals surface area contributed by atoms with E-state index in [1.54, 1.807) is 6.92 Å². The molecule has 0 aliphatic carbocycles. The predicted octanol–water partition coefficient (Wildman–Crippen LogP) is 4.91. The fourth-order valence-electron chi connectivity index (χ4n) is 2.12. The first-order chi connectivity index (χ1) is 9.41. The Labute approximate surface area is 124 Å². The topological polar surface area (TPSA) is 32.3 Å². The van der Waals surface area contributed by atoms with Crippen LogP contribution < -0.4 is 5.32 Å². The van der Waals surface area contributed by atoms with Gasteiger partial charge in [-0.2, -0.15) is 0 Å². The standard InChI is InChI=1S/C15H14BrF2NO/c1-8-11(17)7-13(20)15(18)14(8)9(2)19-12-6-4-3-5-10(12)16/h3-7,9,19-20H,1-2H3. The molecule has 0 bridgehead atoms. The average Bonchev–Trinajstić information content (AvgIpc) is 2.39. The van der Waals surface area contributed by atoms with E-state index in [0.29, 0.717) is 0 Å². The summed E-state index contributed by atoms with van der Waals surface area (Å²) in [4.78, 5) is 0. The highest BCUT2D eigenvalue weighted by Gasteiger charge is 2.20. The van der Waals surface area contributed by atoms with Crippen molar-refractivity contribution in [2.75, 3.05) is 5.32 Å². The summed E-state index contributed by atoms with van der Waals surface area (Å²) in [6.07, 6.45) is 0. The van der Waals surface area contributed by atoms with Gasteiger partial charge in [-0.1, -0.05) is 12.1 Å².